The fourth-order valence-electron chi connectivity index (χ4n) is 1.16. The molecule has 0 amide bonds. The van der Waals surface area contributed by atoms with Crippen LogP contribution in [0.25, 0.3) is 0 Å². The van der Waals surface area contributed by atoms with Crippen LogP contribution in [0, 0.1) is 0 Å². The molecule has 1 rings (SSSR count). The zero-order valence-corrected chi connectivity index (χ0v) is 9.92. The number of hydrogen-bond acceptors (Lipinski definition) is 4. The van der Waals surface area contributed by atoms with Crippen LogP contribution in [0.2, 0.25) is 5.02 Å². The van der Waals surface area contributed by atoms with E-state index in [1.54, 1.807) is 6.92 Å². The van der Waals surface area contributed by atoms with Gasteiger partial charge in [0.05, 0.1) is 18.7 Å². The third kappa shape index (κ3) is 3.03. The van der Waals surface area contributed by atoms with Crippen molar-refractivity contribution >= 4 is 17.6 Å². The second kappa shape index (κ2) is 5.77. The van der Waals surface area contributed by atoms with Crippen LogP contribution in [0.3, 0.4) is 0 Å². The molecule has 0 saturated carbocycles. The Morgan fingerprint density at radius 3 is 2.71 bits per heavy atom. The van der Waals surface area contributed by atoms with E-state index in [1.165, 1.54) is 7.11 Å². The van der Waals surface area contributed by atoms with Gasteiger partial charge in [-0.1, -0.05) is 11.6 Å². The van der Waals surface area contributed by atoms with Crippen molar-refractivity contribution in [3.05, 3.63) is 22.5 Å². The lowest BCUT2D eigenvalue weighted by molar-refractivity contribution is 0.0513. The fourth-order valence-corrected chi connectivity index (χ4v) is 1.44. The number of halogens is 3. The summed E-state index contributed by atoms with van der Waals surface area (Å²) in [5.41, 5.74) is -0.948. The smallest absolute Gasteiger partial charge is 0.360 e. The molecule has 1 aromatic heterocycles. The number of esters is 1. The van der Waals surface area contributed by atoms with E-state index in [0.29, 0.717) is 0 Å². The number of hydrogen-bond donors (Lipinski definition) is 0. The minimum Gasteiger partial charge on any atom is -0.493 e. The maximum atomic E-state index is 12.5. The van der Waals surface area contributed by atoms with Crippen molar-refractivity contribution in [2.75, 3.05) is 13.7 Å². The first-order valence-electron chi connectivity index (χ1n) is 4.71. The van der Waals surface area contributed by atoms with Gasteiger partial charge in [-0.25, -0.2) is 18.6 Å². The van der Waals surface area contributed by atoms with Gasteiger partial charge in [-0.15, -0.1) is 0 Å². The Labute approximate surface area is 101 Å². The quantitative estimate of drug-likeness (QED) is 0.786. The first kappa shape index (κ1) is 13.6. The molecule has 0 atom stereocenters. The molecular weight excluding hydrogens is 256 g/mol. The van der Waals surface area contributed by atoms with Crippen molar-refractivity contribution in [3.63, 3.8) is 0 Å². The van der Waals surface area contributed by atoms with E-state index < -0.39 is 18.1 Å². The number of aromatic nitrogens is 1. The van der Waals surface area contributed by atoms with Gasteiger partial charge < -0.3 is 9.47 Å². The zero-order valence-electron chi connectivity index (χ0n) is 9.17. The van der Waals surface area contributed by atoms with Gasteiger partial charge in [0.1, 0.15) is 5.69 Å². The van der Waals surface area contributed by atoms with Crippen molar-refractivity contribution in [2.24, 2.45) is 0 Å². The van der Waals surface area contributed by atoms with Crippen LogP contribution in [0.15, 0.2) is 6.07 Å². The normalized spacial score (nSPS) is 10.5. The highest BCUT2D eigenvalue weighted by Crippen LogP contribution is 2.31. The first-order valence-corrected chi connectivity index (χ1v) is 5.08. The monoisotopic (exact) mass is 265 g/mol. The lowest BCUT2D eigenvalue weighted by Gasteiger charge is -2.10. The highest BCUT2D eigenvalue weighted by Gasteiger charge is 2.22. The predicted molar refractivity (Wildman–Crippen MR) is 56.7 cm³/mol. The Kier molecular flexibility index (Phi) is 4.62. The SMILES string of the molecule is CCOC(=O)c1nc(C(F)F)cc(Cl)c1OC. The van der Waals surface area contributed by atoms with E-state index >= 15 is 0 Å². The number of ether oxygens (including phenoxy) is 2. The van der Waals surface area contributed by atoms with Gasteiger partial charge in [0, 0.05) is 0 Å². The molecule has 1 heterocycles. The average molecular weight is 266 g/mol. The van der Waals surface area contributed by atoms with E-state index in [2.05, 4.69) is 9.72 Å². The zero-order chi connectivity index (χ0) is 13.0. The van der Waals surface area contributed by atoms with Gasteiger partial charge in [0.25, 0.3) is 6.43 Å². The molecule has 0 saturated heterocycles. The summed E-state index contributed by atoms with van der Waals surface area (Å²) in [4.78, 5) is 15.0. The van der Waals surface area contributed by atoms with Gasteiger partial charge in [0.2, 0.25) is 0 Å². The van der Waals surface area contributed by atoms with Crippen LogP contribution >= 0.6 is 11.6 Å². The second-order valence-electron chi connectivity index (χ2n) is 2.93. The van der Waals surface area contributed by atoms with E-state index in [9.17, 15) is 13.6 Å². The number of alkyl halides is 2. The summed E-state index contributed by atoms with van der Waals surface area (Å²) in [6.07, 6.45) is -2.83. The molecule has 0 fully saturated rings. The van der Waals surface area contributed by atoms with Crippen molar-refractivity contribution in [1.82, 2.24) is 4.98 Å². The summed E-state index contributed by atoms with van der Waals surface area (Å²) in [7, 11) is 1.26. The highest BCUT2D eigenvalue weighted by atomic mass is 35.5. The van der Waals surface area contributed by atoms with E-state index in [-0.39, 0.29) is 23.1 Å². The number of pyridine rings is 1. The minimum absolute atomic E-state index is 0.0745. The molecule has 0 aliphatic rings. The Hall–Kier alpha value is -1.43. The molecule has 0 radical (unpaired) electrons. The number of rotatable bonds is 4. The third-order valence-electron chi connectivity index (χ3n) is 1.84. The molecule has 1 aromatic rings. The summed E-state index contributed by atoms with van der Waals surface area (Å²) in [6, 6.07) is 0.952. The molecule has 0 aromatic carbocycles. The number of carbonyl (C=O) groups excluding carboxylic acids is 1. The molecule has 4 nitrogen and oxygen atoms in total. The maximum absolute atomic E-state index is 12.5. The molecule has 0 N–H and O–H groups in total. The second-order valence-corrected chi connectivity index (χ2v) is 3.34. The van der Waals surface area contributed by atoms with Crippen LogP contribution in [0.4, 0.5) is 8.78 Å². The van der Waals surface area contributed by atoms with E-state index in [4.69, 9.17) is 16.3 Å². The van der Waals surface area contributed by atoms with Crippen molar-refractivity contribution in [2.45, 2.75) is 13.3 Å². The van der Waals surface area contributed by atoms with Crippen LogP contribution < -0.4 is 4.74 Å². The molecule has 0 aliphatic carbocycles. The largest absolute Gasteiger partial charge is 0.493 e. The molecule has 0 unspecified atom stereocenters. The topological polar surface area (TPSA) is 48.4 Å². The minimum atomic E-state index is -2.83. The van der Waals surface area contributed by atoms with Gasteiger partial charge in [0.15, 0.2) is 11.4 Å². The number of nitrogens with zero attached hydrogens (tertiary/aromatic N) is 1. The van der Waals surface area contributed by atoms with Crippen LogP contribution in [-0.2, 0) is 4.74 Å². The van der Waals surface area contributed by atoms with Crippen molar-refractivity contribution < 1.29 is 23.0 Å². The van der Waals surface area contributed by atoms with Crippen molar-refractivity contribution in [3.8, 4) is 5.75 Å². The lowest BCUT2D eigenvalue weighted by atomic mass is 10.2. The number of methoxy groups -OCH3 is 1. The fraction of sp³-hybridized carbons (Fsp3) is 0.400. The van der Waals surface area contributed by atoms with Crippen LogP contribution in [-0.4, -0.2) is 24.7 Å². The van der Waals surface area contributed by atoms with E-state index in [1.807, 2.05) is 0 Å². The van der Waals surface area contributed by atoms with Gasteiger partial charge in [-0.2, -0.15) is 0 Å². The summed E-state index contributed by atoms with van der Waals surface area (Å²) in [5, 5.41) is -0.110. The molecule has 94 valence electrons. The van der Waals surface area contributed by atoms with Gasteiger partial charge in [-0.3, -0.25) is 0 Å². The van der Waals surface area contributed by atoms with Crippen LogP contribution in [0.1, 0.15) is 29.5 Å². The van der Waals surface area contributed by atoms with Gasteiger partial charge >= 0.3 is 5.97 Å². The maximum Gasteiger partial charge on any atom is 0.360 e. The summed E-state index contributed by atoms with van der Waals surface area (Å²) in [6.45, 7) is 1.68. The number of carbonyl (C=O) groups is 1. The molecule has 17 heavy (non-hydrogen) atoms. The Balaban J connectivity index is 3.28. The van der Waals surface area contributed by atoms with Crippen LogP contribution in [0.5, 0.6) is 5.75 Å². The van der Waals surface area contributed by atoms with E-state index in [0.717, 1.165) is 6.07 Å². The Bertz CT molecular complexity index is 426. The standard InChI is InChI=1S/C10H10ClF2NO3/c1-3-17-10(15)7-8(16-2)5(11)4-6(14-7)9(12)13/h4,9H,3H2,1-2H3. The first-order chi connectivity index (χ1) is 8.01. The molecule has 0 aliphatic heterocycles. The summed E-state index contributed by atoms with van der Waals surface area (Å²) >= 11 is 5.72. The molecule has 0 bridgehead atoms. The molecule has 0 spiro atoms. The average Bonchev–Trinajstić information content (AvgIpc) is 2.28. The summed E-state index contributed by atoms with van der Waals surface area (Å²) in [5.74, 6) is -0.928. The summed E-state index contributed by atoms with van der Waals surface area (Å²) < 4.78 is 34.5. The Morgan fingerprint density at radius 2 is 2.24 bits per heavy atom. The Morgan fingerprint density at radius 1 is 1.59 bits per heavy atom. The lowest BCUT2D eigenvalue weighted by Crippen LogP contribution is -2.11. The highest BCUT2D eigenvalue weighted by molar-refractivity contribution is 6.32. The van der Waals surface area contributed by atoms with Gasteiger partial charge in [-0.05, 0) is 13.0 Å². The van der Waals surface area contributed by atoms with Crippen molar-refractivity contribution in [1.29, 1.82) is 0 Å². The third-order valence-corrected chi connectivity index (χ3v) is 2.12. The molecular formula is C10H10ClF2NO3. The molecule has 7 heteroatoms. The predicted octanol–water partition coefficient (Wildman–Crippen LogP) is 2.86.